The second-order valence-electron chi connectivity index (χ2n) is 6.48. The van der Waals surface area contributed by atoms with Crippen LogP contribution in [-0.4, -0.2) is 29.2 Å². The minimum Gasteiger partial charge on any atom is -0.405 e. The fraction of sp³-hybridized carbons (Fsp3) is 0.500. The molecule has 0 aliphatic carbocycles. The molecule has 0 bridgehead atoms. The number of nitrogens with zero attached hydrogens (tertiary/aromatic N) is 3. The summed E-state index contributed by atoms with van der Waals surface area (Å²) in [6.45, 7) is 5.61. The average Bonchev–Trinajstić information content (AvgIpc) is 3.10. The largest absolute Gasteiger partial charge is 0.405 e. The Morgan fingerprint density at radius 3 is 2.50 bits per heavy atom. The molecule has 0 radical (unpaired) electrons. The molecule has 6 nitrogen and oxygen atoms in total. The molecule has 1 aromatic heterocycles. The van der Waals surface area contributed by atoms with E-state index in [0.717, 1.165) is 31.5 Å². The Hall–Kier alpha value is -2.37. The van der Waals surface area contributed by atoms with Crippen LogP contribution in [0.3, 0.4) is 0 Å². The van der Waals surface area contributed by atoms with Crippen LogP contribution in [0.1, 0.15) is 50.6 Å². The normalized spacial score (nSPS) is 16.2. The Kier molecular flexibility index (Phi) is 5.13. The van der Waals surface area contributed by atoms with Crippen LogP contribution in [-0.2, 0) is 4.79 Å². The van der Waals surface area contributed by atoms with Crippen LogP contribution in [0.15, 0.2) is 34.7 Å². The van der Waals surface area contributed by atoms with Gasteiger partial charge in [-0.15, -0.1) is 5.10 Å². The standard InChI is InChI=1S/C18H24N4O2/c1-13(2)16(23)19-15(14-9-5-3-6-10-14)17-20-21-18(24-17)22-11-7-4-8-12-22/h3,5-6,9-10,13,15H,4,7-8,11-12H2,1-2H3,(H,19,23). The molecule has 1 aliphatic heterocycles. The van der Waals surface area contributed by atoms with Gasteiger partial charge in [-0.3, -0.25) is 4.79 Å². The molecule has 24 heavy (non-hydrogen) atoms. The average molecular weight is 328 g/mol. The third kappa shape index (κ3) is 3.75. The molecule has 128 valence electrons. The third-order valence-electron chi connectivity index (χ3n) is 4.25. The maximum absolute atomic E-state index is 12.2. The molecule has 6 heteroatoms. The van der Waals surface area contributed by atoms with Crippen molar-refractivity contribution >= 4 is 11.9 Å². The maximum atomic E-state index is 12.2. The fourth-order valence-corrected chi connectivity index (χ4v) is 2.80. The number of rotatable bonds is 5. The lowest BCUT2D eigenvalue weighted by molar-refractivity contribution is -0.124. The Morgan fingerprint density at radius 1 is 1.12 bits per heavy atom. The van der Waals surface area contributed by atoms with Gasteiger partial charge >= 0.3 is 6.01 Å². The fourth-order valence-electron chi connectivity index (χ4n) is 2.80. The lowest BCUT2D eigenvalue weighted by Gasteiger charge is -2.24. The van der Waals surface area contributed by atoms with Crippen molar-refractivity contribution in [3.05, 3.63) is 41.8 Å². The van der Waals surface area contributed by atoms with E-state index >= 15 is 0 Å². The van der Waals surface area contributed by atoms with Gasteiger partial charge in [-0.05, 0) is 24.8 Å². The molecule has 1 unspecified atom stereocenters. The first kappa shape index (κ1) is 16.5. The molecule has 1 N–H and O–H groups in total. The van der Waals surface area contributed by atoms with Crippen LogP contribution in [0.25, 0.3) is 0 Å². The first-order valence-electron chi connectivity index (χ1n) is 8.59. The zero-order valence-electron chi connectivity index (χ0n) is 14.2. The molecular weight excluding hydrogens is 304 g/mol. The topological polar surface area (TPSA) is 71.3 Å². The molecule has 1 atom stereocenters. The number of piperidine rings is 1. The number of carbonyl (C=O) groups is 1. The molecule has 1 saturated heterocycles. The van der Waals surface area contributed by atoms with Gasteiger partial charge in [0, 0.05) is 19.0 Å². The summed E-state index contributed by atoms with van der Waals surface area (Å²) in [5.74, 6) is 0.276. The van der Waals surface area contributed by atoms with Gasteiger partial charge < -0.3 is 14.6 Å². The first-order chi connectivity index (χ1) is 11.6. The summed E-state index contributed by atoms with van der Waals surface area (Å²) in [4.78, 5) is 14.3. The highest BCUT2D eigenvalue weighted by atomic mass is 16.4. The van der Waals surface area contributed by atoms with E-state index in [1.54, 1.807) is 0 Å². The number of benzene rings is 1. The van der Waals surface area contributed by atoms with Gasteiger partial charge in [-0.1, -0.05) is 49.3 Å². The van der Waals surface area contributed by atoms with Crippen LogP contribution in [0, 0.1) is 5.92 Å². The summed E-state index contributed by atoms with van der Waals surface area (Å²) in [5.41, 5.74) is 0.931. The van der Waals surface area contributed by atoms with Crippen LogP contribution < -0.4 is 10.2 Å². The van der Waals surface area contributed by atoms with Crippen molar-refractivity contribution in [2.45, 2.75) is 39.2 Å². The van der Waals surface area contributed by atoms with E-state index in [1.807, 2.05) is 44.2 Å². The van der Waals surface area contributed by atoms with Gasteiger partial charge in [0.15, 0.2) is 0 Å². The Labute approximate surface area is 142 Å². The third-order valence-corrected chi connectivity index (χ3v) is 4.25. The zero-order chi connectivity index (χ0) is 16.9. The minimum absolute atomic E-state index is 0.0402. The van der Waals surface area contributed by atoms with Crippen molar-refractivity contribution in [3.63, 3.8) is 0 Å². The maximum Gasteiger partial charge on any atom is 0.318 e. The highest BCUT2D eigenvalue weighted by Crippen LogP contribution is 2.25. The second-order valence-corrected chi connectivity index (χ2v) is 6.48. The van der Waals surface area contributed by atoms with E-state index in [4.69, 9.17) is 4.42 Å². The van der Waals surface area contributed by atoms with Crippen molar-refractivity contribution in [1.82, 2.24) is 15.5 Å². The Balaban J connectivity index is 1.85. The van der Waals surface area contributed by atoms with Crippen LogP contribution in [0.5, 0.6) is 0 Å². The lowest BCUT2D eigenvalue weighted by Crippen LogP contribution is -2.32. The van der Waals surface area contributed by atoms with Gasteiger partial charge in [-0.25, -0.2) is 0 Å². The quantitative estimate of drug-likeness (QED) is 0.914. The summed E-state index contributed by atoms with van der Waals surface area (Å²) in [7, 11) is 0. The number of anilines is 1. The molecule has 1 fully saturated rings. The summed E-state index contributed by atoms with van der Waals surface area (Å²) in [6, 6.07) is 9.85. The molecule has 1 aromatic carbocycles. The summed E-state index contributed by atoms with van der Waals surface area (Å²) in [5, 5.41) is 11.4. The van der Waals surface area contributed by atoms with Crippen LogP contribution in [0.4, 0.5) is 6.01 Å². The van der Waals surface area contributed by atoms with Gasteiger partial charge in [0.25, 0.3) is 0 Å². The molecule has 1 aliphatic rings. The molecule has 2 heterocycles. The highest BCUT2D eigenvalue weighted by Gasteiger charge is 2.25. The molecule has 1 amide bonds. The van der Waals surface area contributed by atoms with E-state index in [2.05, 4.69) is 20.4 Å². The number of amides is 1. The van der Waals surface area contributed by atoms with E-state index in [-0.39, 0.29) is 11.8 Å². The summed E-state index contributed by atoms with van der Waals surface area (Å²) in [6.07, 6.45) is 3.53. The predicted molar refractivity (Wildman–Crippen MR) is 91.6 cm³/mol. The van der Waals surface area contributed by atoms with E-state index < -0.39 is 6.04 Å². The highest BCUT2D eigenvalue weighted by molar-refractivity contribution is 5.78. The Morgan fingerprint density at radius 2 is 1.83 bits per heavy atom. The Bertz CT molecular complexity index is 663. The molecule has 0 spiro atoms. The SMILES string of the molecule is CC(C)C(=O)NC(c1ccccc1)c1nnc(N2CCCCC2)o1. The molecular formula is C18H24N4O2. The smallest absolute Gasteiger partial charge is 0.318 e. The van der Waals surface area contributed by atoms with Crippen molar-refractivity contribution in [2.75, 3.05) is 18.0 Å². The molecule has 0 saturated carbocycles. The summed E-state index contributed by atoms with van der Waals surface area (Å²) < 4.78 is 5.91. The van der Waals surface area contributed by atoms with Gasteiger partial charge in [0.05, 0.1) is 0 Å². The second kappa shape index (κ2) is 7.47. The lowest BCUT2D eigenvalue weighted by atomic mass is 10.1. The molecule has 2 aromatic rings. The monoisotopic (exact) mass is 328 g/mol. The first-order valence-corrected chi connectivity index (χ1v) is 8.59. The van der Waals surface area contributed by atoms with Crippen molar-refractivity contribution in [3.8, 4) is 0 Å². The van der Waals surface area contributed by atoms with Gasteiger partial charge in [-0.2, -0.15) is 0 Å². The van der Waals surface area contributed by atoms with E-state index in [0.29, 0.717) is 11.9 Å². The van der Waals surface area contributed by atoms with Crippen molar-refractivity contribution in [1.29, 1.82) is 0 Å². The van der Waals surface area contributed by atoms with Gasteiger partial charge in [0.2, 0.25) is 11.8 Å². The van der Waals surface area contributed by atoms with Crippen LogP contribution in [0.2, 0.25) is 0 Å². The number of hydrogen-bond acceptors (Lipinski definition) is 5. The van der Waals surface area contributed by atoms with Gasteiger partial charge in [0.1, 0.15) is 6.04 Å². The number of hydrogen-bond donors (Lipinski definition) is 1. The minimum atomic E-state index is -0.424. The van der Waals surface area contributed by atoms with Crippen molar-refractivity contribution in [2.24, 2.45) is 5.92 Å². The summed E-state index contributed by atoms with van der Waals surface area (Å²) >= 11 is 0. The molecule has 3 rings (SSSR count). The van der Waals surface area contributed by atoms with E-state index in [9.17, 15) is 4.79 Å². The number of nitrogens with one attached hydrogen (secondary N) is 1. The van der Waals surface area contributed by atoms with Crippen LogP contribution >= 0.6 is 0 Å². The predicted octanol–water partition coefficient (Wildman–Crippen LogP) is 2.92. The van der Waals surface area contributed by atoms with E-state index in [1.165, 1.54) is 6.42 Å². The number of aromatic nitrogens is 2. The zero-order valence-corrected chi connectivity index (χ0v) is 14.2. The van der Waals surface area contributed by atoms with Crippen molar-refractivity contribution < 1.29 is 9.21 Å². The number of carbonyl (C=O) groups excluding carboxylic acids is 1.